The van der Waals surface area contributed by atoms with Crippen molar-refractivity contribution in [2.75, 3.05) is 5.32 Å². The molecule has 5 nitrogen and oxygen atoms in total. The molecule has 0 aliphatic heterocycles. The van der Waals surface area contributed by atoms with Gasteiger partial charge in [-0.25, -0.2) is 9.67 Å². The largest absolute Gasteiger partial charge is 0.318 e. The molecule has 2 heterocycles. The number of carbonyl (C=O) groups is 1. The number of pyridine rings is 1. The molecule has 0 aliphatic rings. The van der Waals surface area contributed by atoms with Crippen LogP contribution in [0.5, 0.6) is 0 Å². The standard InChI is InChI=1S/C10H8F2N4O/c11-8(12)10(17)15-7-3-1-4-13-9(7)16-6-2-5-14-16/h1-6,8H,(H,15,17). The molecule has 1 N–H and O–H groups in total. The summed E-state index contributed by atoms with van der Waals surface area (Å²) in [5.41, 5.74) is 0.182. The number of aromatic nitrogens is 3. The van der Waals surface area contributed by atoms with Gasteiger partial charge in [0, 0.05) is 18.6 Å². The Morgan fingerprint density at radius 3 is 2.82 bits per heavy atom. The Morgan fingerprint density at radius 1 is 1.35 bits per heavy atom. The number of rotatable bonds is 3. The Morgan fingerprint density at radius 2 is 2.18 bits per heavy atom. The SMILES string of the molecule is O=C(Nc1cccnc1-n1cccn1)C(F)F. The minimum atomic E-state index is -3.07. The molecule has 7 heteroatoms. The van der Waals surface area contributed by atoms with E-state index in [-0.39, 0.29) is 11.5 Å². The summed E-state index contributed by atoms with van der Waals surface area (Å²) in [6.07, 6.45) is 1.53. The highest BCUT2D eigenvalue weighted by molar-refractivity contribution is 5.94. The first kappa shape index (κ1) is 11.2. The predicted molar refractivity (Wildman–Crippen MR) is 56.0 cm³/mol. The molecule has 2 rings (SSSR count). The van der Waals surface area contributed by atoms with E-state index in [9.17, 15) is 13.6 Å². The van der Waals surface area contributed by atoms with Crippen molar-refractivity contribution < 1.29 is 13.6 Å². The van der Waals surface area contributed by atoms with Gasteiger partial charge in [0.05, 0.1) is 5.69 Å². The van der Waals surface area contributed by atoms with Crippen LogP contribution in [0.3, 0.4) is 0 Å². The van der Waals surface area contributed by atoms with Gasteiger partial charge >= 0.3 is 6.43 Å². The molecular weight excluding hydrogens is 230 g/mol. The number of nitrogens with zero attached hydrogens (tertiary/aromatic N) is 3. The second-order valence-electron chi connectivity index (χ2n) is 3.12. The van der Waals surface area contributed by atoms with Crippen molar-refractivity contribution >= 4 is 11.6 Å². The highest BCUT2D eigenvalue weighted by Gasteiger charge is 2.17. The van der Waals surface area contributed by atoms with Crippen molar-refractivity contribution in [3.8, 4) is 5.82 Å². The molecule has 2 aromatic heterocycles. The fourth-order valence-electron chi connectivity index (χ4n) is 1.26. The van der Waals surface area contributed by atoms with Crippen LogP contribution < -0.4 is 5.32 Å². The summed E-state index contributed by atoms with van der Waals surface area (Å²) >= 11 is 0. The van der Waals surface area contributed by atoms with E-state index >= 15 is 0 Å². The zero-order chi connectivity index (χ0) is 12.3. The molecule has 0 radical (unpaired) electrons. The maximum absolute atomic E-state index is 12.1. The lowest BCUT2D eigenvalue weighted by Gasteiger charge is -2.09. The van der Waals surface area contributed by atoms with Crippen LogP contribution in [-0.2, 0) is 4.79 Å². The molecule has 0 saturated heterocycles. The first-order valence-electron chi connectivity index (χ1n) is 4.72. The van der Waals surface area contributed by atoms with E-state index in [4.69, 9.17) is 0 Å². The lowest BCUT2D eigenvalue weighted by Crippen LogP contribution is -2.21. The maximum Gasteiger partial charge on any atom is 0.315 e. The molecule has 0 unspecified atom stereocenters. The molecule has 1 amide bonds. The van der Waals surface area contributed by atoms with E-state index < -0.39 is 12.3 Å². The molecule has 0 aliphatic carbocycles. The highest BCUT2D eigenvalue weighted by Crippen LogP contribution is 2.16. The summed E-state index contributed by atoms with van der Waals surface area (Å²) in [7, 11) is 0. The van der Waals surface area contributed by atoms with Gasteiger partial charge in [-0.1, -0.05) is 0 Å². The van der Waals surface area contributed by atoms with E-state index in [1.807, 2.05) is 0 Å². The lowest BCUT2D eigenvalue weighted by atomic mass is 10.3. The minimum Gasteiger partial charge on any atom is -0.318 e. The van der Waals surface area contributed by atoms with E-state index in [0.717, 1.165) is 0 Å². The number of hydrogen-bond donors (Lipinski definition) is 1. The van der Waals surface area contributed by atoms with Crippen LogP contribution in [0, 0.1) is 0 Å². The maximum atomic E-state index is 12.1. The summed E-state index contributed by atoms with van der Waals surface area (Å²) in [5.74, 6) is -1.09. The van der Waals surface area contributed by atoms with Gasteiger partial charge in [-0.15, -0.1) is 0 Å². The van der Waals surface area contributed by atoms with Crippen molar-refractivity contribution in [1.82, 2.24) is 14.8 Å². The smallest absolute Gasteiger partial charge is 0.315 e. The van der Waals surface area contributed by atoms with Crippen LogP contribution in [0.25, 0.3) is 5.82 Å². The van der Waals surface area contributed by atoms with Gasteiger partial charge in [-0.05, 0) is 18.2 Å². The third kappa shape index (κ3) is 2.44. The predicted octanol–water partition coefficient (Wildman–Crippen LogP) is 1.47. The Bertz CT molecular complexity index is 513. The normalized spacial score (nSPS) is 10.5. The van der Waals surface area contributed by atoms with Crippen LogP contribution >= 0.6 is 0 Å². The molecule has 0 aromatic carbocycles. The monoisotopic (exact) mass is 238 g/mol. The average Bonchev–Trinajstić information content (AvgIpc) is 2.83. The zero-order valence-corrected chi connectivity index (χ0v) is 8.55. The summed E-state index contributed by atoms with van der Waals surface area (Å²) < 4.78 is 25.6. The van der Waals surface area contributed by atoms with Gasteiger partial charge < -0.3 is 5.32 Å². The van der Waals surface area contributed by atoms with Crippen molar-refractivity contribution in [3.63, 3.8) is 0 Å². The number of amides is 1. The second-order valence-corrected chi connectivity index (χ2v) is 3.12. The average molecular weight is 238 g/mol. The number of halogens is 2. The van der Waals surface area contributed by atoms with Crippen molar-refractivity contribution in [2.24, 2.45) is 0 Å². The number of alkyl halides is 2. The van der Waals surface area contributed by atoms with Crippen molar-refractivity contribution in [2.45, 2.75) is 6.43 Å². The fourth-order valence-corrected chi connectivity index (χ4v) is 1.26. The van der Waals surface area contributed by atoms with E-state index in [1.165, 1.54) is 29.2 Å². The van der Waals surface area contributed by atoms with E-state index in [1.54, 1.807) is 12.3 Å². The van der Waals surface area contributed by atoms with Gasteiger partial charge in [-0.2, -0.15) is 13.9 Å². The number of nitrogens with one attached hydrogen (secondary N) is 1. The quantitative estimate of drug-likeness (QED) is 0.880. The second kappa shape index (κ2) is 4.69. The Hall–Kier alpha value is -2.31. The van der Waals surface area contributed by atoms with Gasteiger partial charge in [-0.3, -0.25) is 4.79 Å². The number of anilines is 1. The molecule has 0 fully saturated rings. The summed E-state index contributed by atoms with van der Waals surface area (Å²) in [5, 5.41) is 6.00. The van der Waals surface area contributed by atoms with Crippen LogP contribution in [0.15, 0.2) is 36.8 Å². The zero-order valence-electron chi connectivity index (χ0n) is 8.55. The molecule has 17 heavy (non-hydrogen) atoms. The van der Waals surface area contributed by atoms with Gasteiger partial charge in [0.15, 0.2) is 5.82 Å². The topological polar surface area (TPSA) is 59.8 Å². The third-order valence-electron chi connectivity index (χ3n) is 1.96. The first-order chi connectivity index (χ1) is 8.18. The minimum absolute atomic E-state index is 0.182. The van der Waals surface area contributed by atoms with Crippen molar-refractivity contribution in [1.29, 1.82) is 0 Å². The Labute approximate surface area is 95.1 Å². The van der Waals surface area contributed by atoms with Crippen LogP contribution in [0.1, 0.15) is 0 Å². The van der Waals surface area contributed by atoms with Crippen LogP contribution in [0.2, 0.25) is 0 Å². The molecule has 0 atom stereocenters. The lowest BCUT2D eigenvalue weighted by molar-refractivity contribution is -0.126. The van der Waals surface area contributed by atoms with E-state index in [2.05, 4.69) is 15.4 Å². The highest BCUT2D eigenvalue weighted by atomic mass is 19.3. The molecule has 0 spiro atoms. The molecule has 0 saturated carbocycles. The number of hydrogen-bond acceptors (Lipinski definition) is 3. The van der Waals surface area contributed by atoms with Crippen LogP contribution in [-0.4, -0.2) is 27.1 Å². The van der Waals surface area contributed by atoms with E-state index in [0.29, 0.717) is 0 Å². The summed E-state index contributed by atoms with van der Waals surface area (Å²) in [6.45, 7) is 0. The van der Waals surface area contributed by atoms with Crippen LogP contribution in [0.4, 0.5) is 14.5 Å². The number of carbonyl (C=O) groups excluding carboxylic acids is 1. The Balaban J connectivity index is 2.32. The fraction of sp³-hybridized carbons (Fsp3) is 0.100. The van der Waals surface area contributed by atoms with Gasteiger partial charge in [0.2, 0.25) is 0 Å². The van der Waals surface area contributed by atoms with Gasteiger partial charge in [0.1, 0.15) is 0 Å². The molecule has 0 bridgehead atoms. The first-order valence-corrected chi connectivity index (χ1v) is 4.72. The summed E-state index contributed by atoms with van der Waals surface area (Å²) in [6, 6.07) is 4.67. The third-order valence-corrected chi connectivity index (χ3v) is 1.96. The van der Waals surface area contributed by atoms with Crippen molar-refractivity contribution in [3.05, 3.63) is 36.8 Å². The van der Waals surface area contributed by atoms with Gasteiger partial charge in [0.25, 0.3) is 5.91 Å². The molecular formula is C10H8F2N4O. The summed E-state index contributed by atoms with van der Waals surface area (Å²) in [4.78, 5) is 14.9. The Kier molecular flexibility index (Phi) is 3.08. The molecule has 88 valence electrons. The molecule has 2 aromatic rings.